The van der Waals surface area contributed by atoms with E-state index in [1.807, 2.05) is 0 Å². The molecule has 0 aliphatic carbocycles. The summed E-state index contributed by atoms with van der Waals surface area (Å²) >= 11 is 16.4. The molecule has 0 amide bonds. The fraction of sp³-hybridized carbons (Fsp3) is 0.600. The zero-order valence-electron chi connectivity index (χ0n) is 16.5. The fourth-order valence-electron chi connectivity index (χ4n) is 1.11. The Labute approximate surface area is 277 Å². The third-order valence-corrected chi connectivity index (χ3v) is 2.21. The van der Waals surface area contributed by atoms with Gasteiger partial charge in [0, 0.05) is 51.1 Å². The number of rotatable bonds is 6. The topological polar surface area (TPSA) is 68.3 Å². The average molecular weight is 1330 g/mol. The number of allylic oxidation sites excluding steroid dienone is 2. The van der Waals surface area contributed by atoms with Gasteiger partial charge in [0.05, 0.1) is 12.0 Å². The van der Waals surface area contributed by atoms with E-state index in [9.17, 15) is 36.7 Å². The van der Waals surface area contributed by atoms with Gasteiger partial charge in [-0.1, -0.05) is 13.5 Å². The first kappa shape index (κ1) is 49.4. The third kappa shape index (κ3) is 41.5. The van der Waals surface area contributed by atoms with Crippen LogP contribution in [0.5, 0.6) is 0 Å². The number of halogens is 11. The SMILES string of the molecule is C.CC(=O)CC(=O)C(C)(F)F.CC=C(C(C)=O)C(=O)C(C)(F)F.II.[I][V]([I])[I].[I][V][I]. The van der Waals surface area contributed by atoms with Crippen molar-refractivity contribution in [2.45, 2.75) is 60.3 Å². The summed E-state index contributed by atoms with van der Waals surface area (Å²) in [5.74, 6) is -10.7. The van der Waals surface area contributed by atoms with Gasteiger partial charge in [-0.15, -0.1) is 0 Å². The average Bonchev–Trinajstić information content (AvgIpc) is 2.55. The van der Waals surface area contributed by atoms with Gasteiger partial charge in [-0.2, -0.15) is 17.6 Å². The summed E-state index contributed by atoms with van der Waals surface area (Å²) in [4.78, 5) is 41.6. The molecular weight excluding hydrogens is 1310 g/mol. The number of carbonyl (C=O) groups is 4. The van der Waals surface area contributed by atoms with Crippen LogP contribution in [0.25, 0.3) is 0 Å². The van der Waals surface area contributed by atoms with E-state index in [2.05, 4.69) is 137 Å². The molecular formula is C15H22F4I7O4V2. The molecule has 0 aromatic rings. The van der Waals surface area contributed by atoms with Crippen LogP contribution in [0.1, 0.15) is 48.5 Å². The Bertz CT molecular complexity index is 568. The summed E-state index contributed by atoms with van der Waals surface area (Å²) in [5, 5.41) is 0. The van der Waals surface area contributed by atoms with Gasteiger partial charge in [-0.25, -0.2) is 0 Å². The van der Waals surface area contributed by atoms with Crippen molar-refractivity contribution in [1.82, 2.24) is 0 Å². The van der Waals surface area contributed by atoms with Crippen LogP contribution < -0.4 is 0 Å². The first-order valence-corrected chi connectivity index (χ1v) is 35.9. The van der Waals surface area contributed by atoms with Crippen LogP contribution in [0.4, 0.5) is 17.6 Å². The molecule has 0 spiro atoms. The quantitative estimate of drug-likeness (QED) is 0.0875. The van der Waals surface area contributed by atoms with Crippen molar-refractivity contribution in [1.29, 1.82) is 0 Å². The Morgan fingerprint density at radius 2 is 1.19 bits per heavy atom. The molecule has 0 aliphatic rings. The van der Waals surface area contributed by atoms with Crippen LogP contribution in [0.2, 0.25) is 0 Å². The Morgan fingerprint density at radius 3 is 1.25 bits per heavy atom. The van der Waals surface area contributed by atoms with E-state index in [0.717, 1.165) is 19.9 Å². The Morgan fingerprint density at radius 1 is 0.906 bits per heavy atom. The summed E-state index contributed by atoms with van der Waals surface area (Å²) < 4.78 is 48.7. The molecule has 193 valence electrons. The number of hydrogen-bond acceptors (Lipinski definition) is 4. The minimum absolute atomic E-state index is 0. The van der Waals surface area contributed by atoms with Crippen LogP contribution >= 0.6 is 137 Å². The molecule has 0 bridgehead atoms. The monoisotopic (exact) mass is 1330 g/mol. The zero-order chi connectivity index (χ0) is 26.6. The first-order valence-electron chi connectivity index (χ1n) is 7.13. The number of carbonyl (C=O) groups excluding carboxylic acids is 4. The molecule has 0 N–H and O–H groups in total. The van der Waals surface area contributed by atoms with Gasteiger partial charge in [0.2, 0.25) is 11.6 Å². The van der Waals surface area contributed by atoms with E-state index in [1.165, 1.54) is 6.92 Å². The second-order valence-corrected chi connectivity index (χ2v) is 52.1. The summed E-state index contributed by atoms with van der Waals surface area (Å²) in [7, 11) is 0.628. The summed E-state index contributed by atoms with van der Waals surface area (Å²) in [5.41, 5.74) is -0.442. The number of hydrogen-bond donors (Lipinski definition) is 0. The predicted octanol–water partition coefficient (Wildman–Crippen LogP) is 9.77. The van der Waals surface area contributed by atoms with Gasteiger partial charge < -0.3 is 0 Å². The Hall–Kier alpha value is 4.42. The number of ketones is 4. The predicted molar refractivity (Wildman–Crippen MR) is 176 cm³/mol. The molecule has 4 nitrogen and oxygen atoms in total. The van der Waals surface area contributed by atoms with Crippen molar-refractivity contribution < 1.29 is 51.1 Å². The van der Waals surface area contributed by atoms with Crippen LogP contribution in [-0.4, -0.2) is 35.0 Å². The van der Waals surface area contributed by atoms with Crippen molar-refractivity contribution in [2.75, 3.05) is 0 Å². The van der Waals surface area contributed by atoms with E-state index in [1.54, 1.807) is 0 Å². The summed E-state index contributed by atoms with van der Waals surface area (Å²) in [6.45, 7) is 4.52. The number of Topliss-reactive ketones (excluding diaryl/α,β-unsaturated/α-hetero) is 4. The third-order valence-electron chi connectivity index (χ3n) is 2.21. The minimum atomic E-state index is -3.46. The maximum atomic E-state index is 12.4. The second kappa shape index (κ2) is 30.0. The second-order valence-electron chi connectivity index (χ2n) is 4.92. The van der Waals surface area contributed by atoms with Gasteiger partial charge in [0.25, 0.3) is 0 Å². The molecule has 0 fully saturated rings. The molecule has 0 aliphatic heterocycles. The van der Waals surface area contributed by atoms with Gasteiger partial charge in [0.1, 0.15) is 5.78 Å². The summed E-state index contributed by atoms with van der Waals surface area (Å²) in [6.07, 6.45) is 0.422. The molecule has 0 aromatic heterocycles. The van der Waals surface area contributed by atoms with Crippen molar-refractivity contribution in [3.63, 3.8) is 0 Å². The fourth-order valence-corrected chi connectivity index (χ4v) is 1.11. The van der Waals surface area contributed by atoms with Gasteiger partial charge in [0.15, 0.2) is 5.78 Å². The molecule has 0 radical (unpaired) electrons. The van der Waals surface area contributed by atoms with Crippen LogP contribution in [0, 0.1) is 0 Å². The Kier molecular flexibility index (Phi) is 46.2. The molecule has 0 heterocycles. The standard InChI is InChI=1S/C8H10F2O2.C6H8F2O2.CH4.I2.5HI.2V/c1-4-6(5(2)11)7(12)8(3,9)10;1-4(9)3-5(10)6(2,7)8;;1-2;;;;;;;/h4H,1-3H3;3H2,1-2H3;1H4;;5*1H;;/q;;;;;;;;;+2;+3/p-5. The van der Waals surface area contributed by atoms with Gasteiger partial charge >= 0.3 is 126 Å². The van der Waals surface area contributed by atoms with Gasteiger partial charge in [-0.3, -0.25) is 19.2 Å². The van der Waals surface area contributed by atoms with Gasteiger partial charge in [-0.05, 0) is 20.8 Å². The first-order chi connectivity index (χ1) is 13.8. The van der Waals surface area contributed by atoms with Crippen LogP contribution in [0.15, 0.2) is 11.6 Å². The van der Waals surface area contributed by atoms with Crippen LogP contribution in [0.3, 0.4) is 0 Å². The van der Waals surface area contributed by atoms with Crippen molar-refractivity contribution in [3.05, 3.63) is 11.6 Å². The normalized spacial score (nSPS) is 10.1. The molecule has 32 heavy (non-hydrogen) atoms. The van der Waals surface area contributed by atoms with E-state index >= 15 is 0 Å². The van der Waals surface area contributed by atoms with Crippen molar-refractivity contribution in [2.24, 2.45) is 0 Å². The molecule has 0 atom stereocenters. The molecule has 0 saturated carbocycles. The van der Waals surface area contributed by atoms with Crippen molar-refractivity contribution in [3.8, 4) is 0 Å². The molecule has 0 aromatic carbocycles. The molecule has 0 saturated heterocycles. The van der Waals surface area contributed by atoms with E-state index in [4.69, 9.17) is 0 Å². The zero-order valence-corrected chi connectivity index (χ0v) is 34.4. The van der Waals surface area contributed by atoms with Crippen molar-refractivity contribution >= 4 is 160 Å². The maximum absolute atomic E-state index is 12.4. The van der Waals surface area contributed by atoms with E-state index in [-0.39, 0.29) is 12.3 Å². The Balaban J connectivity index is -0.0000000760. The van der Waals surface area contributed by atoms with E-state index in [0.29, 0.717) is 23.3 Å². The van der Waals surface area contributed by atoms with Crippen LogP contribution in [-0.2, 0) is 33.6 Å². The molecule has 0 rings (SSSR count). The molecule has 17 heteroatoms. The summed E-state index contributed by atoms with van der Waals surface area (Å²) in [6, 6.07) is 0. The number of alkyl halides is 4. The molecule has 0 unspecified atom stereocenters. The van der Waals surface area contributed by atoms with E-state index < -0.39 is 47.0 Å².